The first-order chi connectivity index (χ1) is 23.1. The van der Waals surface area contributed by atoms with E-state index in [9.17, 15) is 4.79 Å². The van der Waals surface area contributed by atoms with Gasteiger partial charge in [-0.25, -0.2) is 4.79 Å². The van der Waals surface area contributed by atoms with E-state index >= 15 is 0 Å². The monoisotopic (exact) mass is 607 g/mol. The van der Waals surface area contributed by atoms with Crippen LogP contribution in [0.1, 0.15) is 6.42 Å². The van der Waals surface area contributed by atoms with Crippen molar-refractivity contribution in [1.29, 1.82) is 5.26 Å². The summed E-state index contributed by atoms with van der Waals surface area (Å²) in [6.07, 6.45) is 10.2. The van der Waals surface area contributed by atoms with Gasteiger partial charge in [-0.15, -0.1) is 0 Å². The van der Waals surface area contributed by atoms with Crippen LogP contribution >= 0.6 is 0 Å². The predicted octanol–water partition coefficient (Wildman–Crippen LogP) is 8.07. The number of aromatic nitrogens is 2. The van der Waals surface area contributed by atoms with Gasteiger partial charge in [-0.3, -0.25) is 0 Å². The number of allylic oxidation sites excluding steroid dienone is 3. The van der Waals surface area contributed by atoms with Gasteiger partial charge in [0.1, 0.15) is 11.6 Å². The zero-order chi connectivity index (χ0) is 31.9. The summed E-state index contributed by atoms with van der Waals surface area (Å²) >= 11 is 0. The number of carboxylic acid groups (broad SMARTS) is 1. The van der Waals surface area contributed by atoms with E-state index in [1.165, 1.54) is 33.3 Å². The molecule has 0 aliphatic heterocycles. The van der Waals surface area contributed by atoms with Crippen LogP contribution in [0.3, 0.4) is 0 Å². The van der Waals surface area contributed by atoms with Crippen LogP contribution in [0.4, 0.5) is 0 Å². The number of para-hydroxylation sites is 3. The molecule has 7 aromatic rings. The van der Waals surface area contributed by atoms with Crippen LogP contribution in [-0.4, -0.2) is 20.2 Å². The highest BCUT2D eigenvalue weighted by atomic mass is 16.4. The van der Waals surface area contributed by atoms with Crippen molar-refractivity contribution >= 4 is 50.8 Å². The van der Waals surface area contributed by atoms with Gasteiger partial charge >= 0.3 is 5.97 Å². The molecular formula is C42H29N3O2. The molecule has 1 unspecified atom stereocenters. The standard InChI is InChI=1S/C42H29N3O2/c43-27-31(42(46)47)9-7-8-28-16-25-41-37(26-28)36-12-3-6-15-40(36)45(41)33-23-19-30(20-24-33)29-17-21-32(22-18-29)44-38-13-4-1-10-34(38)35-11-2-5-14-39(35)44/h1-15,17-26,28H,16H2,(H,46,47)/b8-7+,31-9+. The van der Waals surface area contributed by atoms with Crippen molar-refractivity contribution in [3.8, 4) is 28.6 Å². The summed E-state index contributed by atoms with van der Waals surface area (Å²) < 4.78 is 4.65. The summed E-state index contributed by atoms with van der Waals surface area (Å²) in [5.41, 5.74) is 7.80. The molecule has 0 amide bonds. The van der Waals surface area contributed by atoms with Crippen LogP contribution < -0.4 is 10.6 Å². The summed E-state index contributed by atoms with van der Waals surface area (Å²) in [6.45, 7) is 0. The number of hydrogen-bond acceptors (Lipinski definition) is 2. The van der Waals surface area contributed by atoms with Crippen molar-refractivity contribution in [2.75, 3.05) is 0 Å². The van der Waals surface area contributed by atoms with Gasteiger partial charge in [-0.1, -0.05) is 103 Å². The Kier molecular flexibility index (Phi) is 6.89. The van der Waals surface area contributed by atoms with Crippen LogP contribution in [0.15, 0.2) is 145 Å². The Morgan fingerprint density at radius 3 is 1.77 bits per heavy atom. The van der Waals surface area contributed by atoms with E-state index in [-0.39, 0.29) is 11.5 Å². The average Bonchev–Trinajstić information content (AvgIpc) is 3.63. The minimum atomic E-state index is -1.22. The molecule has 224 valence electrons. The second-order valence-corrected chi connectivity index (χ2v) is 11.8. The topological polar surface area (TPSA) is 71.0 Å². The summed E-state index contributed by atoms with van der Waals surface area (Å²) in [5, 5.41) is 24.1. The highest BCUT2D eigenvalue weighted by Crippen LogP contribution is 2.32. The van der Waals surface area contributed by atoms with Gasteiger partial charge in [0, 0.05) is 38.1 Å². The van der Waals surface area contributed by atoms with E-state index in [1.54, 1.807) is 12.1 Å². The molecule has 1 aliphatic carbocycles. The number of rotatable bonds is 6. The van der Waals surface area contributed by atoms with Gasteiger partial charge < -0.3 is 14.2 Å². The van der Waals surface area contributed by atoms with E-state index in [1.807, 2.05) is 6.08 Å². The van der Waals surface area contributed by atoms with E-state index in [2.05, 4.69) is 143 Å². The number of carbonyl (C=O) groups is 1. The molecule has 2 aromatic heterocycles. The van der Waals surface area contributed by atoms with E-state index in [0.29, 0.717) is 0 Å². The number of hydrogen-bond donors (Lipinski definition) is 1. The third-order valence-electron chi connectivity index (χ3n) is 9.05. The van der Waals surface area contributed by atoms with Crippen molar-refractivity contribution in [3.05, 3.63) is 156 Å². The van der Waals surface area contributed by atoms with Crippen molar-refractivity contribution in [3.63, 3.8) is 0 Å². The van der Waals surface area contributed by atoms with E-state index in [4.69, 9.17) is 10.4 Å². The first kappa shape index (κ1) is 28.1. The van der Waals surface area contributed by atoms with Gasteiger partial charge in [0.15, 0.2) is 0 Å². The van der Waals surface area contributed by atoms with Crippen LogP contribution in [0.2, 0.25) is 0 Å². The normalized spacial score (nSPS) is 14.6. The number of carboxylic acids is 1. The van der Waals surface area contributed by atoms with Crippen molar-refractivity contribution in [2.24, 2.45) is 5.92 Å². The lowest BCUT2D eigenvalue weighted by Crippen LogP contribution is -2.31. The van der Waals surface area contributed by atoms with Crippen LogP contribution in [0, 0.1) is 17.2 Å². The fraction of sp³-hybridized carbons (Fsp3) is 0.0476. The Hall–Kier alpha value is -6.38. The second kappa shape index (κ2) is 11.5. The molecule has 0 fully saturated rings. The molecule has 8 rings (SSSR count). The first-order valence-electron chi connectivity index (χ1n) is 15.6. The molecule has 5 aromatic carbocycles. The van der Waals surface area contributed by atoms with Crippen LogP contribution in [0.25, 0.3) is 67.4 Å². The lowest BCUT2D eigenvalue weighted by molar-refractivity contribution is -0.132. The quantitative estimate of drug-likeness (QED) is 0.118. The van der Waals surface area contributed by atoms with Gasteiger partial charge in [0.2, 0.25) is 0 Å². The fourth-order valence-electron chi connectivity index (χ4n) is 6.86. The fourth-order valence-corrected chi connectivity index (χ4v) is 6.86. The van der Waals surface area contributed by atoms with Crippen molar-refractivity contribution < 1.29 is 9.90 Å². The molecule has 0 radical (unpaired) electrons. The molecule has 5 heteroatoms. The number of fused-ring (bicyclic) bond motifs is 6. The number of nitriles is 1. The number of aliphatic carboxylic acids is 1. The molecule has 0 saturated heterocycles. The summed E-state index contributed by atoms with van der Waals surface area (Å²) in [5.74, 6) is -1.12. The Balaban J connectivity index is 1.13. The predicted molar refractivity (Wildman–Crippen MR) is 190 cm³/mol. The molecule has 0 bridgehead atoms. The van der Waals surface area contributed by atoms with Gasteiger partial charge in [0.05, 0.1) is 16.6 Å². The number of benzene rings is 5. The van der Waals surface area contributed by atoms with Gasteiger partial charge in [-0.05, 0) is 72.0 Å². The number of nitrogens with zero attached hydrogens (tertiary/aromatic N) is 3. The lowest BCUT2D eigenvalue weighted by Gasteiger charge is -2.12. The van der Waals surface area contributed by atoms with Crippen LogP contribution in [0.5, 0.6) is 0 Å². The molecule has 5 nitrogen and oxygen atoms in total. The SMILES string of the molecule is N#C/C(=C\C=C\C1C=c2c(n(-c3ccc(-c4ccc(-n5c6ccccc6c6ccccc65)cc4)cc3)c3ccccc23)=CC1)C(=O)O. The summed E-state index contributed by atoms with van der Waals surface area (Å²) in [4.78, 5) is 11.2. The van der Waals surface area contributed by atoms with E-state index < -0.39 is 5.97 Å². The second-order valence-electron chi connectivity index (χ2n) is 11.8. The summed E-state index contributed by atoms with van der Waals surface area (Å²) in [7, 11) is 0. The smallest absolute Gasteiger partial charge is 0.346 e. The summed E-state index contributed by atoms with van der Waals surface area (Å²) in [6, 6.07) is 44.8. The molecule has 1 atom stereocenters. The lowest BCUT2D eigenvalue weighted by atomic mass is 9.98. The Bertz CT molecular complexity index is 2520. The molecule has 47 heavy (non-hydrogen) atoms. The zero-order valence-corrected chi connectivity index (χ0v) is 25.4. The van der Waals surface area contributed by atoms with Crippen molar-refractivity contribution in [1.82, 2.24) is 9.13 Å². The highest BCUT2D eigenvalue weighted by Gasteiger charge is 2.15. The third-order valence-corrected chi connectivity index (χ3v) is 9.05. The molecular weight excluding hydrogens is 578 g/mol. The average molecular weight is 608 g/mol. The van der Waals surface area contributed by atoms with Gasteiger partial charge in [-0.2, -0.15) is 5.26 Å². The van der Waals surface area contributed by atoms with E-state index in [0.717, 1.165) is 45.0 Å². The Morgan fingerprint density at radius 2 is 1.21 bits per heavy atom. The first-order valence-corrected chi connectivity index (χ1v) is 15.6. The molecule has 0 saturated carbocycles. The molecule has 1 aliphatic rings. The minimum absolute atomic E-state index is 0.0969. The van der Waals surface area contributed by atoms with Crippen molar-refractivity contribution in [2.45, 2.75) is 6.42 Å². The van der Waals surface area contributed by atoms with Gasteiger partial charge in [0.25, 0.3) is 0 Å². The Labute approximate surface area is 271 Å². The largest absolute Gasteiger partial charge is 0.477 e. The zero-order valence-electron chi connectivity index (χ0n) is 25.4. The molecule has 1 N–H and O–H groups in total. The van der Waals surface area contributed by atoms with Crippen LogP contribution in [-0.2, 0) is 4.79 Å². The maximum atomic E-state index is 11.2. The molecule has 2 heterocycles. The maximum Gasteiger partial charge on any atom is 0.346 e. The third kappa shape index (κ3) is 4.84. The Morgan fingerprint density at radius 1 is 0.702 bits per heavy atom. The minimum Gasteiger partial charge on any atom is -0.477 e. The maximum absolute atomic E-state index is 11.2. The highest BCUT2D eigenvalue weighted by molar-refractivity contribution is 6.09. The molecule has 0 spiro atoms.